The van der Waals surface area contributed by atoms with E-state index in [0.717, 1.165) is 23.1 Å². The number of nitrogens with zero attached hydrogens (tertiary/aromatic N) is 2. The zero-order valence-electron chi connectivity index (χ0n) is 11.8. The van der Waals surface area contributed by atoms with E-state index in [2.05, 4.69) is 34.3 Å². The van der Waals surface area contributed by atoms with Crippen LogP contribution in [0.25, 0.3) is 10.9 Å². The predicted molar refractivity (Wildman–Crippen MR) is 86.5 cm³/mol. The van der Waals surface area contributed by atoms with Crippen molar-refractivity contribution in [2.45, 2.75) is 13.0 Å². The minimum atomic E-state index is 0.0279. The molecule has 0 fully saturated rings. The Morgan fingerprint density at radius 1 is 1.10 bits per heavy atom. The van der Waals surface area contributed by atoms with E-state index in [1.54, 1.807) is 6.20 Å². The summed E-state index contributed by atoms with van der Waals surface area (Å²) >= 11 is 5.94. The van der Waals surface area contributed by atoms with Gasteiger partial charge in [-0.1, -0.05) is 36.7 Å². The second kappa shape index (κ2) is 6.20. The van der Waals surface area contributed by atoms with Crippen LogP contribution in [0, 0.1) is 0 Å². The zero-order valence-corrected chi connectivity index (χ0v) is 12.5. The van der Waals surface area contributed by atoms with Gasteiger partial charge in [0.25, 0.3) is 0 Å². The standard InChI is InChI=1S/C17H16ClN3/c1-2-19-17(16-9-8-12(18)11-21-16)14-5-3-7-15-13(14)6-4-10-20-15/h3-11,17,19H,2H2,1H3. The fraction of sp³-hybridized carbons (Fsp3) is 0.176. The number of aromatic nitrogens is 2. The number of benzene rings is 1. The Balaban J connectivity index is 2.13. The maximum absolute atomic E-state index is 5.94. The Labute approximate surface area is 129 Å². The first-order chi connectivity index (χ1) is 10.3. The summed E-state index contributed by atoms with van der Waals surface area (Å²) in [5, 5.41) is 5.28. The van der Waals surface area contributed by atoms with Crippen LogP contribution in [0.15, 0.2) is 54.9 Å². The first kappa shape index (κ1) is 14.0. The third-order valence-electron chi connectivity index (χ3n) is 3.44. The minimum absolute atomic E-state index is 0.0279. The van der Waals surface area contributed by atoms with Crippen molar-refractivity contribution < 1.29 is 0 Å². The Hall–Kier alpha value is -1.97. The molecule has 0 aliphatic heterocycles. The van der Waals surface area contributed by atoms with Crippen LogP contribution in [-0.2, 0) is 0 Å². The van der Waals surface area contributed by atoms with Crippen LogP contribution >= 0.6 is 11.6 Å². The molecule has 1 N–H and O–H groups in total. The molecule has 2 heterocycles. The highest BCUT2D eigenvalue weighted by Gasteiger charge is 2.16. The summed E-state index contributed by atoms with van der Waals surface area (Å²) in [5.41, 5.74) is 3.13. The van der Waals surface area contributed by atoms with Crippen LogP contribution in [0.1, 0.15) is 24.2 Å². The number of hydrogen-bond acceptors (Lipinski definition) is 3. The lowest BCUT2D eigenvalue weighted by Gasteiger charge is -2.19. The highest BCUT2D eigenvalue weighted by atomic mass is 35.5. The summed E-state index contributed by atoms with van der Waals surface area (Å²) < 4.78 is 0. The quantitative estimate of drug-likeness (QED) is 0.791. The van der Waals surface area contributed by atoms with Crippen LogP contribution in [0.4, 0.5) is 0 Å². The van der Waals surface area contributed by atoms with Gasteiger partial charge in [-0.15, -0.1) is 0 Å². The molecule has 3 nitrogen and oxygen atoms in total. The minimum Gasteiger partial charge on any atom is -0.305 e. The normalized spacial score (nSPS) is 12.5. The van der Waals surface area contributed by atoms with Crippen molar-refractivity contribution in [2.24, 2.45) is 0 Å². The summed E-state index contributed by atoms with van der Waals surface area (Å²) in [6.45, 7) is 2.94. The van der Waals surface area contributed by atoms with Gasteiger partial charge in [-0.2, -0.15) is 0 Å². The third-order valence-corrected chi connectivity index (χ3v) is 3.67. The van der Waals surface area contributed by atoms with Crippen molar-refractivity contribution >= 4 is 22.5 Å². The fourth-order valence-electron chi connectivity index (χ4n) is 2.51. The average molecular weight is 298 g/mol. The van der Waals surface area contributed by atoms with Crippen molar-refractivity contribution in [1.82, 2.24) is 15.3 Å². The van der Waals surface area contributed by atoms with E-state index in [1.165, 1.54) is 5.56 Å². The summed E-state index contributed by atoms with van der Waals surface area (Å²) in [4.78, 5) is 8.89. The topological polar surface area (TPSA) is 37.8 Å². The molecule has 1 unspecified atom stereocenters. The molecule has 2 aromatic heterocycles. The van der Waals surface area contributed by atoms with Gasteiger partial charge in [-0.25, -0.2) is 0 Å². The van der Waals surface area contributed by atoms with Gasteiger partial charge >= 0.3 is 0 Å². The number of hydrogen-bond donors (Lipinski definition) is 1. The van der Waals surface area contributed by atoms with Gasteiger partial charge in [0.15, 0.2) is 0 Å². The molecule has 106 valence electrons. The molecule has 0 spiro atoms. The lowest BCUT2D eigenvalue weighted by Crippen LogP contribution is -2.23. The number of fused-ring (bicyclic) bond motifs is 1. The van der Waals surface area contributed by atoms with Crippen molar-refractivity contribution in [3.8, 4) is 0 Å². The van der Waals surface area contributed by atoms with Crippen LogP contribution in [0.3, 0.4) is 0 Å². The predicted octanol–water partition coefficient (Wildman–Crippen LogP) is 3.98. The summed E-state index contributed by atoms with van der Waals surface area (Å²) in [6, 6.07) is 14.1. The first-order valence-electron chi connectivity index (χ1n) is 6.98. The Morgan fingerprint density at radius 2 is 2.00 bits per heavy atom. The van der Waals surface area contributed by atoms with Crippen LogP contribution in [-0.4, -0.2) is 16.5 Å². The maximum Gasteiger partial charge on any atom is 0.0757 e. The van der Waals surface area contributed by atoms with E-state index >= 15 is 0 Å². The molecule has 3 aromatic rings. The molecule has 21 heavy (non-hydrogen) atoms. The largest absolute Gasteiger partial charge is 0.305 e. The maximum atomic E-state index is 5.94. The highest BCUT2D eigenvalue weighted by Crippen LogP contribution is 2.27. The lowest BCUT2D eigenvalue weighted by atomic mass is 9.98. The second-order valence-electron chi connectivity index (χ2n) is 4.81. The van der Waals surface area contributed by atoms with Crippen LogP contribution < -0.4 is 5.32 Å². The van der Waals surface area contributed by atoms with Crippen LogP contribution in [0.5, 0.6) is 0 Å². The summed E-state index contributed by atoms with van der Waals surface area (Å²) in [6.07, 6.45) is 3.50. The molecular weight excluding hydrogens is 282 g/mol. The average Bonchev–Trinajstić information content (AvgIpc) is 2.53. The van der Waals surface area contributed by atoms with E-state index in [4.69, 9.17) is 11.6 Å². The SMILES string of the molecule is CCNC(c1ccc(Cl)cn1)c1cccc2ncccc12. The molecule has 1 aromatic carbocycles. The van der Waals surface area contributed by atoms with Gasteiger partial charge in [0.1, 0.15) is 0 Å². The van der Waals surface area contributed by atoms with E-state index in [9.17, 15) is 0 Å². The number of rotatable bonds is 4. The number of nitrogens with one attached hydrogen (secondary N) is 1. The van der Waals surface area contributed by atoms with Crippen LogP contribution in [0.2, 0.25) is 5.02 Å². The molecule has 3 rings (SSSR count). The molecular formula is C17H16ClN3. The molecule has 0 aliphatic rings. The molecule has 4 heteroatoms. The van der Waals surface area contributed by atoms with Crippen molar-refractivity contribution in [2.75, 3.05) is 6.54 Å². The van der Waals surface area contributed by atoms with Crippen molar-refractivity contribution in [1.29, 1.82) is 0 Å². The fourth-order valence-corrected chi connectivity index (χ4v) is 2.63. The van der Waals surface area contributed by atoms with Gasteiger partial charge in [0.2, 0.25) is 0 Å². The summed E-state index contributed by atoms with van der Waals surface area (Å²) in [5.74, 6) is 0. The first-order valence-corrected chi connectivity index (χ1v) is 7.36. The molecule has 0 bridgehead atoms. The summed E-state index contributed by atoms with van der Waals surface area (Å²) in [7, 11) is 0. The molecule has 0 amide bonds. The Bertz CT molecular complexity index is 735. The third kappa shape index (κ3) is 2.89. The van der Waals surface area contributed by atoms with E-state index in [1.807, 2.05) is 36.5 Å². The number of pyridine rings is 2. The smallest absolute Gasteiger partial charge is 0.0757 e. The molecule has 0 radical (unpaired) electrons. The van der Waals surface area contributed by atoms with Gasteiger partial charge < -0.3 is 5.32 Å². The van der Waals surface area contributed by atoms with Gasteiger partial charge in [0, 0.05) is 17.8 Å². The van der Waals surface area contributed by atoms with Gasteiger partial charge in [-0.05, 0) is 36.4 Å². The van der Waals surface area contributed by atoms with E-state index < -0.39 is 0 Å². The van der Waals surface area contributed by atoms with E-state index in [-0.39, 0.29) is 6.04 Å². The molecule has 0 saturated heterocycles. The molecule has 0 aliphatic carbocycles. The van der Waals surface area contributed by atoms with Crippen molar-refractivity contribution in [3.05, 3.63) is 71.1 Å². The zero-order chi connectivity index (χ0) is 14.7. The van der Waals surface area contributed by atoms with Gasteiger partial charge in [-0.3, -0.25) is 9.97 Å². The number of halogens is 1. The monoisotopic (exact) mass is 297 g/mol. The lowest BCUT2D eigenvalue weighted by molar-refractivity contribution is 0.619. The van der Waals surface area contributed by atoms with Crippen molar-refractivity contribution in [3.63, 3.8) is 0 Å². The molecule has 0 saturated carbocycles. The van der Waals surface area contributed by atoms with Gasteiger partial charge in [0.05, 0.1) is 22.3 Å². The Morgan fingerprint density at radius 3 is 2.76 bits per heavy atom. The highest BCUT2D eigenvalue weighted by molar-refractivity contribution is 6.30. The second-order valence-corrected chi connectivity index (χ2v) is 5.25. The Kier molecular flexibility index (Phi) is 4.13. The molecule has 1 atom stereocenters. The van der Waals surface area contributed by atoms with E-state index in [0.29, 0.717) is 5.02 Å².